The Hall–Kier alpha value is -1.30. The lowest BCUT2D eigenvalue weighted by atomic mass is 9.91. The second-order valence-electron chi connectivity index (χ2n) is 5.52. The number of hydrogen-bond acceptors (Lipinski definition) is 5. The van der Waals surface area contributed by atoms with Crippen LogP contribution in [0.4, 0.5) is 0 Å². The van der Waals surface area contributed by atoms with Crippen LogP contribution < -0.4 is 15.2 Å². The van der Waals surface area contributed by atoms with E-state index in [-0.39, 0.29) is 6.61 Å². The number of nitrogens with two attached hydrogens (primary N) is 1. The summed E-state index contributed by atoms with van der Waals surface area (Å²) in [5.41, 5.74) is 6.89. The summed E-state index contributed by atoms with van der Waals surface area (Å²) < 4.78 is 10.7. The number of benzene rings is 1. The molecule has 0 aromatic heterocycles. The van der Waals surface area contributed by atoms with Gasteiger partial charge >= 0.3 is 0 Å². The van der Waals surface area contributed by atoms with E-state index in [0.717, 1.165) is 44.0 Å². The lowest BCUT2D eigenvalue weighted by Crippen LogP contribution is -2.56. The van der Waals surface area contributed by atoms with E-state index in [2.05, 4.69) is 11.0 Å². The van der Waals surface area contributed by atoms with Crippen molar-refractivity contribution >= 4 is 0 Å². The Kier molecular flexibility index (Phi) is 3.35. The normalized spacial score (nSPS) is 26.6. The topological polar surface area (TPSA) is 68.0 Å². The van der Waals surface area contributed by atoms with Crippen molar-refractivity contribution in [1.82, 2.24) is 4.90 Å². The molecule has 0 bridgehead atoms. The highest BCUT2D eigenvalue weighted by molar-refractivity contribution is 5.44. The van der Waals surface area contributed by atoms with Crippen molar-refractivity contribution in [3.63, 3.8) is 0 Å². The van der Waals surface area contributed by atoms with Crippen LogP contribution in [0.15, 0.2) is 18.2 Å². The van der Waals surface area contributed by atoms with Gasteiger partial charge in [0, 0.05) is 13.1 Å². The van der Waals surface area contributed by atoms with Crippen LogP contribution in [0.2, 0.25) is 0 Å². The fourth-order valence-corrected chi connectivity index (χ4v) is 2.82. The van der Waals surface area contributed by atoms with E-state index in [0.29, 0.717) is 6.79 Å². The van der Waals surface area contributed by atoms with Crippen molar-refractivity contribution in [2.45, 2.75) is 24.9 Å². The van der Waals surface area contributed by atoms with Crippen molar-refractivity contribution in [2.24, 2.45) is 5.73 Å². The van der Waals surface area contributed by atoms with E-state index in [1.54, 1.807) is 0 Å². The number of piperidine rings is 1. The summed E-state index contributed by atoms with van der Waals surface area (Å²) >= 11 is 0. The highest BCUT2D eigenvalue weighted by Crippen LogP contribution is 2.33. The summed E-state index contributed by atoms with van der Waals surface area (Å²) in [6, 6.07) is 6.02. The predicted molar refractivity (Wildman–Crippen MR) is 71.1 cm³/mol. The van der Waals surface area contributed by atoms with Gasteiger partial charge in [-0.15, -0.1) is 0 Å². The first-order chi connectivity index (χ1) is 9.18. The molecule has 3 N–H and O–H groups in total. The SMILES string of the molecule is NC1(CO)CCCN(Cc2ccc3c(c2)OCO3)C1. The quantitative estimate of drug-likeness (QED) is 0.841. The summed E-state index contributed by atoms with van der Waals surface area (Å²) in [5.74, 6) is 1.63. The Morgan fingerprint density at radius 1 is 1.32 bits per heavy atom. The number of rotatable bonds is 3. The Morgan fingerprint density at radius 3 is 3.00 bits per heavy atom. The third-order valence-electron chi connectivity index (χ3n) is 3.85. The van der Waals surface area contributed by atoms with E-state index < -0.39 is 5.54 Å². The average Bonchev–Trinajstić information content (AvgIpc) is 2.86. The molecule has 0 spiro atoms. The molecule has 0 saturated carbocycles. The lowest BCUT2D eigenvalue weighted by Gasteiger charge is -2.39. The summed E-state index contributed by atoms with van der Waals surface area (Å²) in [6.45, 7) is 2.94. The first kappa shape index (κ1) is 12.7. The molecular formula is C14H20N2O3. The highest BCUT2D eigenvalue weighted by atomic mass is 16.7. The van der Waals surface area contributed by atoms with Crippen LogP contribution >= 0.6 is 0 Å². The molecule has 2 heterocycles. The largest absolute Gasteiger partial charge is 0.454 e. The van der Waals surface area contributed by atoms with Gasteiger partial charge in [-0.25, -0.2) is 0 Å². The summed E-state index contributed by atoms with van der Waals surface area (Å²) in [7, 11) is 0. The number of ether oxygens (including phenoxy) is 2. The molecular weight excluding hydrogens is 244 g/mol. The third kappa shape index (κ3) is 2.68. The van der Waals surface area contributed by atoms with Crippen LogP contribution in [0.25, 0.3) is 0 Å². The summed E-state index contributed by atoms with van der Waals surface area (Å²) in [5, 5.41) is 9.37. The van der Waals surface area contributed by atoms with Crippen molar-refractivity contribution in [3.8, 4) is 11.5 Å². The highest BCUT2D eigenvalue weighted by Gasteiger charge is 2.30. The van der Waals surface area contributed by atoms with E-state index in [4.69, 9.17) is 15.2 Å². The zero-order valence-electron chi connectivity index (χ0n) is 11.0. The molecule has 0 radical (unpaired) electrons. The number of aliphatic hydroxyl groups is 1. The number of fused-ring (bicyclic) bond motifs is 1. The molecule has 1 unspecified atom stereocenters. The zero-order chi connectivity index (χ0) is 13.3. The maximum Gasteiger partial charge on any atom is 0.231 e. The van der Waals surface area contributed by atoms with Crippen LogP contribution in [-0.4, -0.2) is 42.0 Å². The van der Waals surface area contributed by atoms with Gasteiger partial charge in [-0.3, -0.25) is 4.90 Å². The Balaban J connectivity index is 1.68. The Bertz CT molecular complexity index is 466. The molecule has 5 heteroatoms. The molecule has 104 valence electrons. The fraction of sp³-hybridized carbons (Fsp3) is 0.571. The molecule has 2 aliphatic rings. The molecule has 19 heavy (non-hydrogen) atoms. The van der Waals surface area contributed by atoms with Crippen LogP contribution in [0.5, 0.6) is 11.5 Å². The van der Waals surface area contributed by atoms with E-state index in [1.165, 1.54) is 5.56 Å². The predicted octanol–water partition coefficient (Wildman–Crippen LogP) is 0.701. The third-order valence-corrected chi connectivity index (χ3v) is 3.85. The van der Waals surface area contributed by atoms with Gasteiger partial charge in [-0.05, 0) is 37.1 Å². The lowest BCUT2D eigenvalue weighted by molar-refractivity contribution is 0.0901. The van der Waals surface area contributed by atoms with E-state index in [9.17, 15) is 5.11 Å². The van der Waals surface area contributed by atoms with Gasteiger partial charge in [0.25, 0.3) is 0 Å². The molecule has 1 atom stereocenters. The molecule has 5 nitrogen and oxygen atoms in total. The summed E-state index contributed by atoms with van der Waals surface area (Å²) in [4.78, 5) is 2.29. The number of aliphatic hydroxyl groups excluding tert-OH is 1. The van der Waals surface area contributed by atoms with Crippen molar-refractivity contribution in [3.05, 3.63) is 23.8 Å². The monoisotopic (exact) mass is 264 g/mol. The van der Waals surface area contributed by atoms with E-state index in [1.807, 2.05) is 12.1 Å². The first-order valence-electron chi connectivity index (χ1n) is 6.69. The van der Waals surface area contributed by atoms with Gasteiger partial charge in [-0.2, -0.15) is 0 Å². The second-order valence-corrected chi connectivity index (χ2v) is 5.52. The van der Waals surface area contributed by atoms with Crippen LogP contribution in [0, 0.1) is 0 Å². The number of nitrogens with zero attached hydrogens (tertiary/aromatic N) is 1. The molecule has 2 aliphatic heterocycles. The smallest absolute Gasteiger partial charge is 0.231 e. The molecule has 1 saturated heterocycles. The fourth-order valence-electron chi connectivity index (χ4n) is 2.82. The van der Waals surface area contributed by atoms with Crippen molar-refractivity contribution in [1.29, 1.82) is 0 Å². The van der Waals surface area contributed by atoms with Gasteiger partial charge < -0.3 is 20.3 Å². The Morgan fingerprint density at radius 2 is 2.16 bits per heavy atom. The minimum atomic E-state index is -0.450. The maximum absolute atomic E-state index is 9.37. The van der Waals surface area contributed by atoms with Gasteiger partial charge in [-0.1, -0.05) is 6.07 Å². The van der Waals surface area contributed by atoms with Crippen molar-refractivity contribution in [2.75, 3.05) is 26.5 Å². The van der Waals surface area contributed by atoms with Crippen LogP contribution in [0.1, 0.15) is 18.4 Å². The van der Waals surface area contributed by atoms with Gasteiger partial charge in [0.15, 0.2) is 11.5 Å². The number of likely N-dealkylation sites (tertiary alicyclic amines) is 1. The molecule has 0 aliphatic carbocycles. The maximum atomic E-state index is 9.37. The molecule has 1 aromatic carbocycles. The van der Waals surface area contributed by atoms with Crippen LogP contribution in [0.3, 0.4) is 0 Å². The molecule has 3 rings (SSSR count). The van der Waals surface area contributed by atoms with Crippen LogP contribution in [-0.2, 0) is 6.54 Å². The number of hydrogen-bond donors (Lipinski definition) is 2. The van der Waals surface area contributed by atoms with E-state index >= 15 is 0 Å². The Labute approximate surface area is 112 Å². The van der Waals surface area contributed by atoms with Gasteiger partial charge in [0.05, 0.1) is 12.1 Å². The van der Waals surface area contributed by atoms with Gasteiger partial charge in [0.2, 0.25) is 6.79 Å². The van der Waals surface area contributed by atoms with Gasteiger partial charge in [0.1, 0.15) is 0 Å². The standard InChI is InChI=1S/C14H20N2O3/c15-14(9-17)4-1-5-16(8-14)7-11-2-3-12-13(6-11)19-10-18-12/h2-3,6,17H,1,4-5,7-10,15H2. The minimum Gasteiger partial charge on any atom is -0.454 e. The first-order valence-corrected chi connectivity index (χ1v) is 6.69. The molecule has 0 amide bonds. The summed E-state index contributed by atoms with van der Waals surface area (Å²) in [6.07, 6.45) is 1.92. The second kappa shape index (κ2) is 5.00. The average molecular weight is 264 g/mol. The molecule has 1 aromatic rings. The molecule has 1 fully saturated rings. The zero-order valence-corrected chi connectivity index (χ0v) is 11.0. The van der Waals surface area contributed by atoms with Crippen molar-refractivity contribution < 1.29 is 14.6 Å². The minimum absolute atomic E-state index is 0.0463.